The van der Waals surface area contributed by atoms with Gasteiger partial charge < -0.3 is 34.4 Å². The molecule has 2 aromatic carbocycles. The van der Waals surface area contributed by atoms with Gasteiger partial charge in [0.25, 0.3) is 0 Å². The summed E-state index contributed by atoms with van der Waals surface area (Å²) in [6.07, 6.45) is 3.80. The fraction of sp³-hybridized carbons (Fsp3) is 0.429. The predicted molar refractivity (Wildman–Crippen MR) is 145 cm³/mol. The third-order valence-electron chi connectivity index (χ3n) is 6.70. The minimum absolute atomic E-state index is 0.128. The number of nitrogens with one attached hydrogen (secondary N) is 2. The van der Waals surface area contributed by atoms with Crippen molar-refractivity contribution in [2.45, 2.75) is 19.4 Å². The number of fused-ring (bicyclic) bond motifs is 2. The van der Waals surface area contributed by atoms with E-state index >= 15 is 0 Å². The smallest absolute Gasteiger partial charge is 0.230 e. The average Bonchev–Trinajstić information content (AvgIpc) is 3.31. The maximum absolute atomic E-state index is 10.4. The van der Waals surface area contributed by atoms with Gasteiger partial charge >= 0.3 is 0 Å². The molecule has 1 aliphatic rings. The van der Waals surface area contributed by atoms with Crippen LogP contribution in [0, 0.1) is 6.92 Å². The summed E-state index contributed by atoms with van der Waals surface area (Å²) in [7, 11) is 1.58. The summed E-state index contributed by atoms with van der Waals surface area (Å²) in [5, 5.41) is 15.5. The van der Waals surface area contributed by atoms with Crippen LogP contribution < -0.4 is 19.5 Å². The van der Waals surface area contributed by atoms with Crippen molar-refractivity contribution in [2.24, 2.45) is 0 Å². The minimum atomic E-state index is -0.658. The van der Waals surface area contributed by atoms with Crippen molar-refractivity contribution in [1.29, 1.82) is 0 Å². The summed E-state index contributed by atoms with van der Waals surface area (Å²) in [6.45, 7) is 8.10. The summed E-state index contributed by atoms with van der Waals surface area (Å²) in [6, 6.07) is 9.46. The Kier molecular flexibility index (Phi) is 8.54. The van der Waals surface area contributed by atoms with Crippen molar-refractivity contribution in [3.63, 3.8) is 0 Å². The van der Waals surface area contributed by atoms with Crippen LogP contribution in [0.1, 0.15) is 12.0 Å². The lowest BCUT2D eigenvalue weighted by atomic mass is 10.2. The first-order valence-corrected chi connectivity index (χ1v) is 13.0. The summed E-state index contributed by atoms with van der Waals surface area (Å²) in [5.74, 6) is 2.12. The number of morpholine rings is 1. The van der Waals surface area contributed by atoms with Crippen LogP contribution in [0.5, 0.6) is 23.1 Å². The highest BCUT2D eigenvalue weighted by Gasteiger charge is 2.15. The second-order valence-electron chi connectivity index (χ2n) is 9.46. The molecule has 0 amide bonds. The van der Waals surface area contributed by atoms with E-state index < -0.39 is 6.10 Å². The van der Waals surface area contributed by atoms with Gasteiger partial charge in [0, 0.05) is 42.8 Å². The molecule has 5 rings (SSSR count). The van der Waals surface area contributed by atoms with E-state index in [0.717, 1.165) is 62.3 Å². The number of methoxy groups -OCH3 is 1. The largest absolute Gasteiger partial charge is 0.493 e. The molecule has 1 saturated heterocycles. The molecule has 1 fully saturated rings. The second-order valence-corrected chi connectivity index (χ2v) is 9.46. The third-order valence-corrected chi connectivity index (χ3v) is 6.70. The van der Waals surface area contributed by atoms with Gasteiger partial charge in [0.2, 0.25) is 5.88 Å². The van der Waals surface area contributed by atoms with E-state index in [4.69, 9.17) is 18.9 Å². The van der Waals surface area contributed by atoms with Crippen LogP contribution >= 0.6 is 0 Å². The molecule has 1 atom stereocenters. The number of ether oxygens (including phenoxy) is 4. The number of aryl methyl sites for hydroxylation is 1. The molecular formula is C28H35N5O5. The minimum Gasteiger partial charge on any atom is -0.493 e. The molecule has 0 bridgehead atoms. The van der Waals surface area contributed by atoms with E-state index in [0.29, 0.717) is 40.6 Å². The molecular weight excluding hydrogens is 486 g/mol. The summed E-state index contributed by atoms with van der Waals surface area (Å²) in [5.41, 5.74) is 2.85. The first-order valence-electron chi connectivity index (χ1n) is 13.0. The maximum Gasteiger partial charge on any atom is 0.230 e. The molecule has 2 aromatic heterocycles. The van der Waals surface area contributed by atoms with Gasteiger partial charge in [0.15, 0.2) is 11.5 Å². The van der Waals surface area contributed by atoms with E-state index in [-0.39, 0.29) is 6.61 Å². The van der Waals surface area contributed by atoms with Crippen molar-refractivity contribution in [3.05, 3.63) is 48.4 Å². The van der Waals surface area contributed by atoms with Crippen LogP contribution in [0.4, 0.5) is 0 Å². The molecule has 3 N–H and O–H groups in total. The van der Waals surface area contributed by atoms with Gasteiger partial charge in [0.1, 0.15) is 24.8 Å². The van der Waals surface area contributed by atoms with Crippen LogP contribution in [0.3, 0.4) is 0 Å². The van der Waals surface area contributed by atoms with Crippen LogP contribution in [-0.2, 0) is 4.74 Å². The number of nitrogens with zero attached hydrogens (tertiary/aromatic N) is 3. The number of aromatic amines is 1. The normalized spacial score (nSPS) is 15.1. The Hall–Kier alpha value is -3.44. The van der Waals surface area contributed by atoms with Crippen molar-refractivity contribution in [3.8, 4) is 23.1 Å². The molecule has 0 aliphatic carbocycles. The van der Waals surface area contributed by atoms with Gasteiger partial charge in [-0.15, -0.1) is 0 Å². The monoisotopic (exact) mass is 521 g/mol. The Morgan fingerprint density at radius 2 is 2.00 bits per heavy atom. The summed E-state index contributed by atoms with van der Waals surface area (Å²) in [4.78, 5) is 14.4. The first kappa shape index (κ1) is 26.2. The molecule has 38 heavy (non-hydrogen) atoms. The lowest BCUT2D eigenvalue weighted by Crippen LogP contribution is -2.38. The van der Waals surface area contributed by atoms with Crippen LogP contribution in [0.25, 0.3) is 21.8 Å². The lowest BCUT2D eigenvalue weighted by molar-refractivity contribution is 0.0372. The Bertz CT molecular complexity index is 1350. The standard InChI is InChI=1S/C28H35N5O5/c1-19-15-30-24-5-4-21(12-22(19)24)38-28-23-13-26(35-2)27(14-25(23)31-18-32-28)37-17-20(34)16-29-6-3-7-33-8-10-36-11-9-33/h4-5,12-15,18,20,29-30,34H,3,6-11,16-17H2,1-2H3. The Morgan fingerprint density at radius 3 is 2.84 bits per heavy atom. The fourth-order valence-electron chi connectivity index (χ4n) is 4.57. The van der Waals surface area contributed by atoms with Crippen molar-refractivity contribution < 1.29 is 24.1 Å². The summed E-state index contributed by atoms with van der Waals surface area (Å²) < 4.78 is 23.0. The molecule has 0 radical (unpaired) electrons. The molecule has 0 saturated carbocycles. The Morgan fingerprint density at radius 1 is 1.13 bits per heavy atom. The number of aromatic nitrogens is 3. The van der Waals surface area contributed by atoms with Crippen LogP contribution in [0.15, 0.2) is 42.9 Å². The van der Waals surface area contributed by atoms with E-state index in [2.05, 4.69) is 32.1 Å². The zero-order chi connectivity index (χ0) is 26.3. The second kappa shape index (κ2) is 12.4. The number of benzene rings is 2. The van der Waals surface area contributed by atoms with Crippen molar-refractivity contribution >= 4 is 21.8 Å². The molecule has 4 aromatic rings. The topological polar surface area (TPSA) is 114 Å². The van der Waals surface area contributed by atoms with Gasteiger partial charge in [-0.1, -0.05) is 0 Å². The molecule has 202 valence electrons. The highest BCUT2D eigenvalue weighted by atomic mass is 16.5. The van der Waals surface area contributed by atoms with Crippen molar-refractivity contribution in [1.82, 2.24) is 25.2 Å². The number of rotatable bonds is 12. The molecule has 1 unspecified atom stereocenters. The van der Waals surface area contributed by atoms with E-state index in [1.54, 1.807) is 19.2 Å². The Labute approximate surface area is 221 Å². The zero-order valence-corrected chi connectivity index (χ0v) is 21.9. The quantitative estimate of drug-likeness (QED) is 0.242. The number of hydrogen-bond acceptors (Lipinski definition) is 9. The van der Waals surface area contributed by atoms with Gasteiger partial charge in [0.05, 0.1) is 31.2 Å². The van der Waals surface area contributed by atoms with Gasteiger partial charge in [-0.25, -0.2) is 9.97 Å². The maximum atomic E-state index is 10.4. The molecule has 3 heterocycles. The third kappa shape index (κ3) is 6.33. The SMILES string of the molecule is COc1cc2c(Oc3ccc4[nH]cc(C)c4c3)ncnc2cc1OCC(O)CNCCCN1CCOCC1. The number of H-pyrrole nitrogens is 1. The van der Waals surface area contributed by atoms with E-state index in [1.165, 1.54) is 6.33 Å². The Balaban J connectivity index is 1.18. The van der Waals surface area contributed by atoms with Gasteiger partial charge in [-0.3, -0.25) is 4.90 Å². The van der Waals surface area contributed by atoms with E-state index in [9.17, 15) is 5.11 Å². The number of aliphatic hydroxyl groups excluding tert-OH is 1. The highest BCUT2D eigenvalue weighted by Crippen LogP contribution is 2.36. The zero-order valence-electron chi connectivity index (χ0n) is 21.9. The lowest BCUT2D eigenvalue weighted by Gasteiger charge is -2.26. The highest BCUT2D eigenvalue weighted by molar-refractivity contribution is 5.88. The van der Waals surface area contributed by atoms with Crippen molar-refractivity contribution in [2.75, 3.05) is 59.7 Å². The van der Waals surface area contributed by atoms with Gasteiger partial charge in [-0.05, 0) is 56.3 Å². The molecule has 10 heteroatoms. The summed E-state index contributed by atoms with van der Waals surface area (Å²) >= 11 is 0. The first-order chi connectivity index (χ1) is 18.6. The fourth-order valence-corrected chi connectivity index (χ4v) is 4.57. The van der Waals surface area contributed by atoms with Crippen LogP contribution in [-0.4, -0.2) is 90.7 Å². The number of hydrogen-bond donors (Lipinski definition) is 3. The molecule has 1 aliphatic heterocycles. The molecule has 0 spiro atoms. The predicted octanol–water partition coefficient (Wildman–Crippen LogP) is 3.27. The number of aliphatic hydroxyl groups is 1. The van der Waals surface area contributed by atoms with E-state index in [1.807, 2.05) is 24.4 Å². The van der Waals surface area contributed by atoms with Crippen LogP contribution in [0.2, 0.25) is 0 Å². The molecule has 10 nitrogen and oxygen atoms in total. The average molecular weight is 522 g/mol. The van der Waals surface area contributed by atoms with Gasteiger partial charge in [-0.2, -0.15) is 0 Å².